The molecule has 35 heavy (non-hydrogen) atoms. The van der Waals surface area contributed by atoms with Crippen LogP contribution in [0, 0.1) is 0 Å². The number of fused-ring (bicyclic) bond motifs is 3. The maximum Gasteiger partial charge on any atom is 0.407 e. The number of hydrogen-bond acceptors (Lipinski definition) is 5. The molecule has 0 unspecified atom stereocenters. The first-order valence-electron chi connectivity index (χ1n) is 10.9. The predicted octanol–water partition coefficient (Wildman–Crippen LogP) is 5.36. The fourth-order valence-corrected chi connectivity index (χ4v) is 5.04. The fourth-order valence-electron chi connectivity index (χ4n) is 4.03. The first-order chi connectivity index (χ1) is 16.9. The van der Waals surface area contributed by atoms with E-state index in [1.54, 1.807) is 12.1 Å². The number of halogens is 1. The zero-order chi connectivity index (χ0) is 24.8. The van der Waals surface area contributed by atoms with Crippen molar-refractivity contribution in [1.29, 1.82) is 0 Å². The van der Waals surface area contributed by atoms with Gasteiger partial charge in [-0.3, -0.25) is 4.79 Å². The fraction of sp³-hybridized carbons (Fsp3) is 0.192. The zero-order valence-electron chi connectivity index (χ0n) is 18.6. The van der Waals surface area contributed by atoms with Crippen molar-refractivity contribution < 1.29 is 24.2 Å². The van der Waals surface area contributed by atoms with E-state index in [0.29, 0.717) is 16.8 Å². The number of carbonyl (C=O) groups excluding carboxylic acids is 2. The van der Waals surface area contributed by atoms with Crippen LogP contribution in [0.4, 0.5) is 10.5 Å². The van der Waals surface area contributed by atoms with Gasteiger partial charge in [0, 0.05) is 22.7 Å². The number of thioether (sulfide) groups is 1. The van der Waals surface area contributed by atoms with E-state index in [9.17, 15) is 19.5 Å². The Kier molecular flexibility index (Phi) is 8.09. The maximum atomic E-state index is 12.2. The SMILES string of the molecule is O=C(CSCCNC(=O)OCC1c2ccccc2-c2ccccc21)Nc1cc(Br)ccc1C(=O)O. The molecular weight excluding hydrogens is 532 g/mol. The Morgan fingerprint density at radius 2 is 1.63 bits per heavy atom. The Morgan fingerprint density at radius 1 is 0.971 bits per heavy atom. The Hall–Kier alpha value is -3.30. The highest BCUT2D eigenvalue weighted by Crippen LogP contribution is 2.44. The van der Waals surface area contributed by atoms with Gasteiger partial charge < -0.3 is 20.5 Å². The molecular formula is C26H23BrN2O5S. The third-order valence-corrected chi connectivity index (χ3v) is 7.03. The normalized spacial score (nSPS) is 11.9. The van der Waals surface area contributed by atoms with Gasteiger partial charge in [0.25, 0.3) is 0 Å². The molecule has 0 saturated carbocycles. The van der Waals surface area contributed by atoms with Crippen LogP contribution < -0.4 is 10.6 Å². The molecule has 0 aliphatic heterocycles. The van der Waals surface area contributed by atoms with Crippen molar-refractivity contribution in [1.82, 2.24) is 5.32 Å². The van der Waals surface area contributed by atoms with Crippen molar-refractivity contribution in [2.24, 2.45) is 0 Å². The van der Waals surface area contributed by atoms with E-state index in [1.165, 1.54) is 29.0 Å². The second-order valence-electron chi connectivity index (χ2n) is 7.85. The minimum atomic E-state index is -1.12. The molecule has 1 aliphatic rings. The molecule has 1 aliphatic carbocycles. The number of carboxylic acid groups (broad SMARTS) is 1. The lowest BCUT2D eigenvalue weighted by Gasteiger charge is -2.14. The van der Waals surface area contributed by atoms with Gasteiger partial charge in [0.15, 0.2) is 0 Å². The summed E-state index contributed by atoms with van der Waals surface area (Å²) in [5.74, 6) is -0.816. The average Bonchev–Trinajstić information content (AvgIpc) is 3.16. The molecule has 0 fully saturated rings. The number of rotatable bonds is 9. The average molecular weight is 555 g/mol. The summed E-state index contributed by atoms with van der Waals surface area (Å²) in [5.41, 5.74) is 4.90. The van der Waals surface area contributed by atoms with E-state index in [1.807, 2.05) is 24.3 Å². The van der Waals surface area contributed by atoms with Gasteiger partial charge in [0.2, 0.25) is 5.91 Å². The van der Waals surface area contributed by atoms with Crippen LogP contribution in [-0.2, 0) is 9.53 Å². The van der Waals surface area contributed by atoms with Crippen molar-refractivity contribution >= 4 is 51.3 Å². The number of carboxylic acids is 1. The highest BCUT2D eigenvalue weighted by atomic mass is 79.9. The molecule has 7 nitrogen and oxygen atoms in total. The summed E-state index contributed by atoms with van der Waals surface area (Å²) in [6.07, 6.45) is -0.503. The number of alkyl carbamates (subject to hydrolysis) is 1. The van der Waals surface area contributed by atoms with Gasteiger partial charge in [-0.1, -0.05) is 64.5 Å². The van der Waals surface area contributed by atoms with Crippen molar-refractivity contribution in [2.45, 2.75) is 5.92 Å². The monoisotopic (exact) mass is 554 g/mol. The molecule has 180 valence electrons. The van der Waals surface area contributed by atoms with Gasteiger partial charge >= 0.3 is 12.1 Å². The lowest BCUT2D eigenvalue weighted by Crippen LogP contribution is -2.28. The Bertz CT molecular complexity index is 1220. The largest absolute Gasteiger partial charge is 0.478 e. The topological polar surface area (TPSA) is 105 Å². The van der Waals surface area contributed by atoms with Gasteiger partial charge in [-0.15, -0.1) is 0 Å². The predicted molar refractivity (Wildman–Crippen MR) is 140 cm³/mol. The number of nitrogens with one attached hydrogen (secondary N) is 2. The molecule has 0 spiro atoms. The minimum Gasteiger partial charge on any atom is -0.478 e. The van der Waals surface area contributed by atoms with Crippen LogP contribution in [0.15, 0.2) is 71.2 Å². The number of aromatic carboxylic acids is 1. The third-order valence-electron chi connectivity index (χ3n) is 5.58. The van der Waals surface area contributed by atoms with Gasteiger partial charge in [0.1, 0.15) is 6.61 Å². The van der Waals surface area contributed by atoms with Gasteiger partial charge in [-0.25, -0.2) is 9.59 Å². The Balaban J connectivity index is 1.19. The van der Waals surface area contributed by atoms with Crippen LogP contribution in [0.25, 0.3) is 11.1 Å². The van der Waals surface area contributed by atoms with Gasteiger partial charge in [-0.2, -0.15) is 11.8 Å². The highest BCUT2D eigenvalue weighted by Gasteiger charge is 2.28. The van der Waals surface area contributed by atoms with E-state index in [0.717, 1.165) is 11.1 Å². The molecule has 3 aromatic carbocycles. The summed E-state index contributed by atoms with van der Waals surface area (Å²) in [7, 11) is 0. The van der Waals surface area contributed by atoms with E-state index < -0.39 is 12.1 Å². The van der Waals surface area contributed by atoms with Crippen molar-refractivity contribution in [3.8, 4) is 11.1 Å². The van der Waals surface area contributed by atoms with Gasteiger partial charge in [-0.05, 0) is 40.5 Å². The molecule has 0 saturated heterocycles. The summed E-state index contributed by atoms with van der Waals surface area (Å²) >= 11 is 4.60. The van der Waals surface area contributed by atoms with Gasteiger partial charge in [0.05, 0.1) is 17.0 Å². The lowest BCUT2D eigenvalue weighted by atomic mass is 9.98. The number of ether oxygens (including phenoxy) is 1. The van der Waals surface area contributed by atoms with Crippen LogP contribution in [0.1, 0.15) is 27.4 Å². The van der Waals surface area contributed by atoms with Crippen molar-refractivity contribution in [3.63, 3.8) is 0 Å². The molecule has 0 atom stereocenters. The number of hydrogen-bond donors (Lipinski definition) is 3. The highest BCUT2D eigenvalue weighted by molar-refractivity contribution is 9.10. The first kappa shape index (κ1) is 24.8. The van der Waals surface area contributed by atoms with E-state index in [2.05, 4.69) is 50.8 Å². The molecule has 0 bridgehead atoms. The van der Waals surface area contributed by atoms with Crippen molar-refractivity contribution in [3.05, 3.63) is 87.9 Å². The summed E-state index contributed by atoms with van der Waals surface area (Å²) in [5, 5.41) is 14.6. The first-order valence-corrected chi connectivity index (χ1v) is 12.9. The quantitative estimate of drug-likeness (QED) is 0.307. The molecule has 3 aromatic rings. The van der Waals surface area contributed by atoms with E-state index in [4.69, 9.17) is 4.74 Å². The second kappa shape index (κ2) is 11.4. The lowest BCUT2D eigenvalue weighted by molar-refractivity contribution is -0.113. The van der Waals surface area contributed by atoms with Crippen LogP contribution in [0.2, 0.25) is 0 Å². The van der Waals surface area contributed by atoms with Crippen LogP contribution >= 0.6 is 27.7 Å². The molecule has 9 heteroatoms. The van der Waals surface area contributed by atoms with Crippen molar-refractivity contribution in [2.75, 3.05) is 30.0 Å². The Labute approximate surface area is 215 Å². The Morgan fingerprint density at radius 3 is 2.29 bits per heavy atom. The van der Waals surface area contributed by atoms with E-state index >= 15 is 0 Å². The molecule has 2 amide bonds. The summed E-state index contributed by atoms with van der Waals surface area (Å²) < 4.78 is 6.16. The molecule has 3 N–H and O–H groups in total. The number of amides is 2. The minimum absolute atomic E-state index is 0.0000578. The van der Waals surface area contributed by atoms with E-state index in [-0.39, 0.29) is 35.4 Å². The van der Waals surface area contributed by atoms with Crippen LogP contribution in [0.3, 0.4) is 0 Å². The standard InChI is InChI=1S/C26H23BrN2O5S/c27-16-9-10-21(25(31)32)23(13-16)29-24(30)15-35-12-11-28-26(33)34-14-22-19-7-3-1-5-17(19)18-6-2-4-8-20(18)22/h1-10,13,22H,11-12,14-15H2,(H,28,33)(H,29,30)(H,31,32). The summed E-state index contributed by atoms with van der Waals surface area (Å²) in [6, 6.07) is 20.9. The number of anilines is 1. The van der Waals surface area contributed by atoms with Crippen LogP contribution in [0.5, 0.6) is 0 Å². The second-order valence-corrected chi connectivity index (χ2v) is 9.87. The maximum absolute atomic E-state index is 12.2. The third kappa shape index (κ3) is 6.04. The molecule has 0 radical (unpaired) electrons. The number of carbonyl (C=O) groups is 3. The zero-order valence-corrected chi connectivity index (χ0v) is 21.0. The molecule has 0 aromatic heterocycles. The smallest absolute Gasteiger partial charge is 0.407 e. The molecule has 0 heterocycles. The summed E-state index contributed by atoms with van der Waals surface area (Å²) in [6.45, 7) is 0.583. The number of benzene rings is 3. The summed E-state index contributed by atoms with van der Waals surface area (Å²) in [4.78, 5) is 35.7. The molecule has 4 rings (SSSR count). The van der Waals surface area contributed by atoms with Crippen LogP contribution in [-0.4, -0.2) is 47.7 Å².